The number of carbonyl (C=O) groups excluding carboxylic acids is 4. The van der Waals surface area contributed by atoms with Gasteiger partial charge in [0.1, 0.15) is 128 Å². The summed E-state index contributed by atoms with van der Waals surface area (Å²) in [5.74, 6) is -12.9. The lowest BCUT2D eigenvalue weighted by atomic mass is 9.88. The number of nitrogens with two attached hydrogens (primary N) is 1. The fraction of sp³-hybridized carbons (Fsp3) is 0.712. The van der Waals surface area contributed by atoms with E-state index in [2.05, 4.69) is 31.6 Å². The average molecular weight is 1580 g/mol. The third-order valence-electron chi connectivity index (χ3n) is 17.9. The third-order valence-corrected chi connectivity index (χ3v) is 18.9. The maximum absolute atomic E-state index is 13.3. The molecule has 108 heavy (non-hydrogen) atoms. The number of hydrogen-bond donors (Lipinski definition) is 24. The maximum atomic E-state index is 13.3. The number of hydrogen-bond acceptors (Lipinski definition) is 39. The lowest BCUT2D eigenvalue weighted by Gasteiger charge is -2.49. The van der Waals surface area contributed by atoms with Gasteiger partial charge in [0.05, 0.1) is 51.7 Å². The van der Waals surface area contributed by atoms with Crippen LogP contribution in [0.3, 0.4) is 0 Å². The van der Waals surface area contributed by atoms with Crippen molar-refractivity contribution in [1.29, 1.82) is 0 Å². The SMILES string of the molecule is CO[C@@H]1C(CO)O[C@H](O[C@@H]2C(C(=O)O)O[C@@H](O[C@@H]3C(CO)O[C@H](O[C@@H]4C(C(=O)O)O[C@@H](OCCNC(=O)c5ccc(CNCC(=O)N[C@H]6C([C@H](O)[C@H](O)CO)O[C@](OP(=O)(O)OC[C@H]7O[C@@H](n8ccc(N)nc8=O)[C@@H](O)C7O)(C(=O)O)C[C@H]6O)cc5)[C@@H](O)C4O)C(NC(C)=O)[C@H]3O)[C@@H](O)C2O)C(NC(C)=O)[C@H]1O. The van der Waals surface area contributed by atoms with Crippen LogP contribution in [0.25, 0.3) is 0 Å². The first-order valence-corrected chi connectivity index (χ1v) is 34.4. The summed E-state index contributed by atoms with van der Waals surface area (Å²) in [4.78, 5) is 116. The first kappa shape index (κ1) is 86.8. The lowest BCUT2D eigenvalue weighted by molar-refractivity contribution is -0.371. The quantitative estimate of drug-likeness (QED) is 0.0233. The summed E-state index contributed by atoms with van der Waals surface area (Å²) in [7, 11) is -4.59. The van der Waals surface area contributed by atoms with E-state index in [1.807, 2.05) is 0 Å². The number of carboxylic acid groups (broad SMARTS) is 3. The van der Waals surface area contributed by atoms with Gasteiger partial charge in [-0.2, -0.15) is 4.98 Å². The van der Waals surface area contributed by atoms with E-state index in [-0.39, 0.29) is 24.5 Å². The largest absolute Gasteiger partial charge is 0.479 e. The summed E-state index contributed by atoms with van der Waals surface area (Å²) < 4.78 is 85.2. The highest BCUT2D eigenvalue weighted by atomic mass is 31.2. The topological polar surface area (TPSA) is 742 Å². The standard InChI is InChI=1S/C59H87N8O40P/c1-19(71)63-31-35(78)42(95-3)25(16-69)99-53(31)103-46-38(81)41(84)56(105-48(46)52(88)89)101-43-26(17-70)100-54(32(36(43)79)64-20(2)72)102-45-37(80)40(83)55(104-47(45)51(86)87)96-11-9-62-49(85)22-6-4-21(5-7-22)13-61-14-29(75)66-30-23(73)12-59(57(90)91,106-44(30)33(76)24(74)15-68)107-108(93,94)97-18-27-34(77)39(82)50(98-27)67-10-8-28(60)65-58(67)92/h4-8,10,23-27,30-48,50,53-56,61,68-70,73-74,76-84H,9,11-18H2,1-3H3,(H,62,85)(H,63,71)(H,64,72)(H,66,75)(H,86,87)(H,88,89)(H,90,91)(H,93,94)(H2,60,65,92)/t23-,24-,25?,26?,27-,30-,31?,32?,33-,34?,35-,36-,37?,38?,39+,40+,41+,42-,43-,44?,45+,46+,47?,48?,50-,53-,54-,55-,56-,59-/m1/s1. The molecular formula is C59H87N8O40P. The minimum Gasteiger partial charge on any atom is -0.479 e. The molecule has 6 aliphatic heterocycles. The third kappa shape index (κ3) is 20.3. The number of nitrogen functional groups attached to an aromatic ring is 1. The predicted molar refractivity (Wildman–Crippen MR) is 340 cm³/mol. The number of nitrogens with one attached hydrogen (secondary N) is 5. The molecule has 0 radical (unpaired) electrons. The van der Waals surface area contributed by atoms with Crippen LogP contribution < -0.4 is 38.0 Å². The van der Waals surface area contributed by atoms with Gasteiger partial charge in [-0.3, -0.25) is 28.3 Å². The number of nitrogens with zero attached hydrogens (tertiary/aromatic N) is 2. The van der Waals surface area contributed by atoms with Gasteiger partial charge >= 0.3 is 31.4 Å². The Balaban J connectivity index is 0.809. The molecule has 8 rings (SSSR count). The second-order valence-electron chi connectivity index (χ2n) is 25.5. The van der Waals surface area contributed by atoms with E-state index in [0.717, 1.165) is 37.8 Å². The van der Waals surface area contributed by atoms with Gasteiger partial charge in [0.2, 0.25) is 17.7 Å². The Kier molecular flexibility index (Phi) is 30.2. The van der Waals surface area contributed by atoms with Crippen LogP contribution in [0.1, 0.15) is 42.4 Å². The maximum Gasteiger partial charge on any atom is 0.475 e. The Morgan fingerprint density at radius 1 is 0.676 bits per heavy atom. The number of carboxylic acids is 3. The summed E-state index contributed by atoms with van der Waals surface area (Å²) in [5, 5.41) is 195. The van der Waals surface area contributed by atoms with E-state index in [9.17, 15) is 135 Å². The Labute approximate surface area is 608 Å². The van der Waals surface area contributed by atoms with Gasteiger partial charge in [0, 0.05) is 52.2 Å². The van der Waals surface area contributed by atoms with Crippen molar-refractivity contribution in [2.45, 2.75) is 210 Å². The van der Waals surface area contributed by atoms with Crippen molar-refractivity contribution < 1.29 is 191 Å². The van der Waals surface area contributed by atoms with E-state index >= 15 is 0 Å². The molecule has 608 valence electrons. The van der Waals surface area contributed by atoms with Crippen LogP contribution in [0, 0.1) is 0 Å². The highest BCUT2D eigenvalue weighted by Gasteiger charge is 2.61. The average Bonchev–Trinajstić information content (AvgIpc) is 1.12. The van der Waals surface area contributed by atoms with Crippen molar-refractivity contribution in [3.8, 4) is 0 Å². The molecule has 31 atom stereocenters. The fourth-order valence-electron chi connectivity index (χ4n) is 12.5. The van der Waals surface area contributed by atoms with Gasteiger partial charge in [-0.25, -0.2) is 28.3 Å². The number of aliphatic hydroxyl groups is 14. The molecule has 6 aliphatic rings. The second-order valence-corrected chi connectivity index (χ2v) is 26.9. The summed E-state index contributed by atoms with van der Waals surface area (Å²) in [5.41, 5.74) is 4.96. The molecule has 6 fully saturated rings. The van der Waals surface area contributed by atoms with Gasteiger partial charge in [0.25, 0.3) is 11.7 Å². The number of amides is 4. The first-order chi connectivity index (χ1) is 50.9. The zero-order valence-corrected chi connectivity index (χ0v) is 57.9. The van der Waals surface area contributed by atoms with Crippen LogP contribution >= 0.6 is 7.82 Å². The molecule has 1 aromatic heterocycles. The zero-order valence-electron chi connectivity index (χ0n) is 57.0. The van der Waals surface area contributed by atoms with Crippen molar-refractivity contribution in [3.63, 3.8) is 0 Å². The van der Waals surface area contributed by atoms with Crippen molar-refractivity contribution in [1.82, 2.24) is 36.1 Å². The molecule has 4 amide bonds. The molecule has 49 heteroatoms. The molecule has 2 aromatic rings. The Morgan fingerprint density at radius 3 is 1.75 bits per heavy atom. The molecule has 0 spiro atoms. The van der Waals surface area contributed by atoms with Gasteiger partial charge in [-0.1, -0.05) is 12.1 Å². The van der Waals surface area contributed by atoms with E-state index in [4.69, 9.17) is 66.9 Å². The number of aliphatic carboxylic acids is 3. The van der Waals surface area contributed by atoms with Crippen LogP contribution in [0.2, 0.25) is 0 Å². The normalized spacial score (nSPS) is 37.6. The Morgan fingerprint density at radius 2 is 1.22 bits per heavy atom. The number of phosphoric acid groups is 1. The molecule has 11 unspecified atom stereocenters. The van der Waals surface area contributed by atoms with Crippen LogP contribution in [-0.4, -0.2) is 373 Å². The van der Waals surface area contributed by atoms with Crippen molar-refractivity contribution in [2.24, 2.45) is 0 Å². The first-order valence-electron chi connectivity index (χ1n) is 32.9. The van der Waals surface area contributed by atoms with Crippen molar-refractivity contribution in [2.75, 3.05) is 59.0 Å². The van der Waals surface area contributed by atoms with E-state index in [1.165, 1.54) is 24.3 Å². The Hall–Kier alpha value is -6.74. The van der Waals surface area contributed by atoms with Gasteiger partial charge < -0.3 is 176 Å². The molecule has 7 heterocycles. The monoisotopic (exact) mass is 1580 g/mol. The molecular weight excluding hydrogens is 1490 g/mol. The number of aliphatic hydroxyl groups excluding tert-OH is 14. The summed E-state index contributed by atoms with van der Waals surface area (Å²) in [6, 6.07) is 1.47. The summed E-state index contributed by atoms with van der Waals surface area (Å²) in [6.45, 7) is -3.83. The molecule has 0 saturated carbocycles. The van der Waals surface area contributed by atoms with E-state index in [0.29, 0.717) is 5.56 Å². The number of carbonyl (C=O) groups is 7. The molecule has 25 N–H and O–H groups in total. The molecule has 1 aromatic carbocycles. The van der Waals surface area contributed by atoms with Crippen LogP contribution in [0.15, 0.2) is 41.3 Å². The number of ether oxygens (including phenoxy) is 11. The fourth-order valence-corrected chi connectivity index (χ4v) is 13.5. The number of phosphoric ester groups is 1. The summed E-state index contributed by atoms with van der Waals surface area (Å²) in [6.07, 6.45) is -52.5. The van der Waals surface area contributed by atoms with Crippen LogP contribution in [0.4, 0.5) is 5.82 Å². The number of aromatic nitrogens is 2. The second kappa shape index (κ2) is 37.5. The Bertz CT molecular complexity index is 3520. The molecule has 0 aliphatic carbocycles. The number of anilines is 1. The number of rotatable bonds is 33. The van der Waals surface area contributed by atoms with E-state index < -0.39 is 285 Å². The van der Waals surface area contributed by atoms with Crippen LogP contribution in [0.5, 0.6) is 0 Å². The van der Waals surface area contributed by atoms with Crippen molar-refractivity contribution in [3.05, 3.63) is 58.1 Å². The zero-order chi connectivity index (χ0) is 79.7. The van der Waals surface area contributed by atoms with Crippen molar-refractivity contribution >= 4 is 55.2 Å². The summed E-state index contributed by atoms with van der Waals surface area (Å²) >= 11 is 0. The highest BCUT2D eigenvalue weighted by molar-refractivity contribution is 7.47. The predicted octanol–water partition coefficient (Wildman–Crippen LogP) is -13.4. The van der Waals surface area contributed by atoms with Gasteiger partial charge in [0.15, 0.2) is 43.6 Å². The van der Waals surface area contributed by atoms with Gasteiger partial charge in [-0.05, 0) is 23.8 Å². The highest BCUT2D eigenvalue weighted by Crippen LogP contribution is 2.52. The minimum atomic E-state index is -5.74. The lowest BCUT2D eigenvalue weighted by Crippen LogP contribution is -2.70. The molecule has 48 nitrogen and oxygen atoms in total. The molecule has 6 saturated heterocycles. The smallest absolute Gasteiger partial charge is 0.475 e. The van der Waals surface area contributed by atoms with Crippen LogP contribution in [-0.2, 0) is 101 Å². The van der Waals surface area contributed by atoms with E-state index in [1.54, 1.807) is 0 Å². The number of methoxy groups -OCH3 is 1. The molecule has 0 bridgehead atoms. The number of benzene rings is 1. The minimum absolute atomic E-state index is 0.0482. The van der Waals surface area contributed by atoms with Gasteiger partial charge in [-0.15, -0.1) is 0 Å².